The Morgan fingerprint density at radius 2 is 1.75 bits per heavy atom. The number of nitrogens with zero attached hydrogens (tertiary/aromatic N) is 2. The van der Waals surface area contributed by atoms with E-state index in [1.165, 1.54) is 10.5 Å². The van der Waals surface area contributed by atoms with Crippen LogP contribution in [0.2, 0.25) is 5.02 Å². The highest BCUT2D eigenvalue weighted by Gasteiger charge is 2.25. The van der Waals surface area contributed by atoms with Gasteiger partial charge in [0.1, 0.15) is 0 Å². The molecule has 2 rings (SSSR count). The molecule has 24 heavy (non-hydrogen) atoms. The number of carbonyl (C=O) groups excluding carboxylic acids is 2. The average molecular weight is 351 g/mol. The van der Waals surface area contributed by atoms with Gasteiger partial charge in [0.2, 0.25) is 11.8 Å². The van der Waals surface area contributed by atoms with Gasteiger partial charge in [-0.15, -0.1) is 0 Å². The number of imide groups is 1. The molecule has 6 nitrogen and oxygen atoms in total. The summed E-state index contributed by atoms with van der Waals surface area (Å²) in [4.78, 5) is 28.9. The quantitative estimate of drug-likeness (QED) is 0.464. The first kappa shape index (κ1) is 18.3. The van der Waals surface area contributed by atoms with E-state index in [0.717, 1.165) is 18.0 Å². The first-order valence-electron chi connectivity index (χ1n) is 8.12. The molecule has 0 saturated carbocycles. The summed E-state index contributed by atoms with van der Waals surface area (Å²) in [5.41, 5.74) is 1.19. The normalized spacial score (nSPS) is 15.6. The van der Waals surface area contributed by atoms with E-state index in [1.54, 1.807) is 7.05 Å². The van der Waals surface area contributed by atoms with Gasteiger partial charge in [-0.2, -0.15) is 0 Å². The maximum Gasteiger partial charge on any atom is 0.229 e. The van der Waals surface area contributed by atoms with Gasteiger partial charge in [0.05, 0.1) is 0 Å². The van der Waals surface area contributed by atoms with Gasteiger partial charge in [-0.1, -0.05) is 23.7 Å². The number of nitrogens with one attached hydrogen (secondary N) is 2. The van der Waals surface area contributed by atoms with E-state index in [-0.39, 0.29) is 11.8 Å². The summed E-state index contributed by atoms with van der Waals surface area (Å²) < 4.78 is 0. The lowest BCUT2D eigenvalue weighted by molar-refractivity contribution is -0.147. The average Bonchev–Trinajstić information content (AvgIpc) is 2.57. The van der Waals surface area contributed by atoms with Gasteiger partial charge >= 0.3 is 0 Å². The van der Waals surface area contributed by atoms with E-state index in [2.05, 4.69) is 15.6 Å². The van der Waals surface area contributed by atoms with Crippen molar-refractivity contribution in [3.63, 3.8) is 0 Å². The second kappa shape index (κ2) is 9.27. The highest BCUT2D eigenvalue weighted by Crippen LogP contribution is 2.11. The van der Waals surface area contributed by atoms with Crippen LogP contribution in [0.5, 0.6) is 0 Å². The maximum absolute atomic E-state index is 11.7. The van der Waals surface area contributed by atoms with Crippen molar-refractivity contribution < 1.29 is 9.59 Å². The topological polar surface area (TPSA) is 73.8 Å². The van der Waals surface area contributed by atoms with Crippen LogP contribution in [-0.2, 0) is 16.0 Å². The van der Waals surface area contributed by atoms with E-state index >= 15 is 0 Å². The zero-order valence-electron chi connectivity index (χ0n) is 13.8. The third-order valence-corrected chi connectivity index (χ3v) is 4.11. The lowest BCUT2D eigenvalue weighted by Gasteiger charge is -2.25. The number of carbonyl (C=O) groups is 2. The highest BCUT2D eigenvalue weighted by atomic mass is 35.5. The molecular weight excluding hydrogens is 328 g/mol. The number of halogens is 1. The minimum atomic E-state index is -0.0845. The molecule has 0 aromatic heterocycles. The molecule has 0 bridgehead atoms. The number of aliphatic imine (C=N–C) groups is 1. The fraction of sp³-hybridized carbons (Fsp3) is 0.471. The van der Waals surface area contributed by atoms with E-state index in [1.807, 2.05) is 24.3 Å². The van der Waals surface area contributed by atoms with Crippen LogP contribution in [0.3, 0.4) is 0 Å². The molecule has 1 fully saturated rings. The Hall–Kier alpha value is -2.08. The SMILES string of the molecule is CN=C(NCCc1ccc(Cl)cc1)NCCN1C(=O)CCCC1=O. The zero-order chi connectivity index (χ0) is 17.4. The Kier molecular flexibility index (Phi) is 7.06. The van der Waals surface area contributed by atoms with Crippen LogP contribution in [-0.4, -0.2) is 49.4 Å². The molecule has 0 spiro atoms. The molecule has 1 heterocycles. The molecule has 1 aromatic rings. The maximum atomic E-state index is 11.7. The van der Waals surface area contributed by atoms with Crippen LogP contribution in [0.25, 0.3) is 0 Å². The molecule has 0 unspecified atom stereocenters. The molecule has 0 atom stereocenters. The summed E-state index contributed by atoms with van der Waals surface area (Å²) in [6.45, 7) is 1.58. The summed E-state index contributed by atoms with van der Waals surface area (Å²) in [5, 5.41) is 7.06. The van der Waals surface area contributed by atoms with Gasteiger partial charge < -0.3 is 10.6 Å². The molecule has 1 aliphatic rings. The van der Waals surface area contributed by atoms with Gasteiger partial charge in [-0.3, -0.25) is 19.5 Å². The van der Waals surface area contributed by atoms with Crippen molar-refractivity contribution in [1.82, 2.24) is 15.5 Å². The number of benzene rings is 1. The Balaban J connectivity index is 1.69. The summed E-state index contributed by atoms with van der Waals surface area (Å²) in [6, 6.07) is 7.73. The van der Waals surface area contributed by atoms with Crippen molar-refractivity contribution in [1.29, 1.82) is 0 Å². The first-order valence-corrected chi connectivity index (χ1v) is 8.50. The first-order chi connectivity index (χ1) is 11.6. The largest absolute Gasteiger partial charge is 0.356 e. The van der Waals surface area contributed by atoms with Crippen molar-refractivity contribution in [2.75, 3.05) is 26.7 Å². The number of amides is 2. The van der Waals surface area contributed by atoms with Crippen molar-refractivity contribution >= 4 is 29.4 Å². The minimum absolute atomic E-state index is 0.0845. The van der Waals surface area contributed by atoms with Crippen LogP contribution >= 0.6 is 11.6 Å². The van der Waals surface area contributed by atoms with Crippen LogP contribution < -0.4 is 10.6 Å². The zero-order valence-corrected chi connectivity index (χ0v) is 14.6. The molecular formula is C17H23ClN4O2. The van der Waals surface area contributed by atoms with Crippen LogP contribution in [0.1, 0.15) is 24.8 Å². The fourth-order valence-electron chi connectivity index (χ4n) is 2.53. The highest BCUT2D eigenvalue weighted by molar-refractivity contribution is 6.30. The number of rotatable bonds is 6. The third-order valence-electron chi connectivity index (χ3n) is 3.85. The Bertz CT molecular complexity index is 585. The van der Waals surface area contributed by atoms with Gasteiger partial charge in [-0.25, -0.2) is 0 Å². The third kappa shape index (κ3) is 5.53. The molecule has 1 aliphatic heterocycles. The van der Waals surface area contributed by atoms with Gasteiger partial charge in [0.25, 0.3) is 0 Å². The predicted octanol–water partition coefficient (Wildman–Crippen LogP) is 1.59. The number of guanidine groups is 1. The van der Waals surface area contributed by atoms with E-state index in [4.69, 9.17) is 11.6 Å². The summed E-state index contributed by atoms with van der Waals surface area (Å²) in [6.07, 6.45) is 2.43. The molecule has 0 radical (unpaired) electrons. The van der Waals surface area contributed by atoms with E-state index in [0.29, 0.717) is 38.3 Å². The van der Waals surface area contributed by atoms with Gasteiger partial charge in [0, 0.05) is 44.5 Å². The van der Waals surface area contributed by atoms with Crippen molar-refractivity contribution in [2.45, 2.75) is 25.7 Å². The fourth-order valence-corrected chi connectivity index (χ4v) is 2.66. The Morgan fingerprint density at radius 3 is 2.38 bits per heavy atom. The number of piperidine rings is 1. The Labute approximate surface area is 147 Å². The molecule has 2 amide bonds. The van der Waals surface area contributed by atoms with Crippen LogP contribution in [0.15, 0.2) is 29.3 Å². The smallest absolute Gasteiger partial charge is 0.229 e. The second-order valence-corrected chi connectivity index (χ2v) is 6.03. The summed E-state index contributed by atoms with van der Waals surface area (Å²) in [7, 11) is 1.69. The van der Waals surface area contributed by atoms with E-state index in [9.17, 15) is 9.59 Å². The van der Waals surface area contributed by atoms with Gasteiger partial charge in [-0.05, 0) is 30.5 Å². The lowest BCUT2D eigenvalue weighted by atomic mass is 10.1. The second-order valence-electron chi connectivity index (χ2n) is 5.59. The molecule has 130 valence electrons. The molecule has 1 aromatic carbocycles. The van der Waals surface area contributed by atoms with Crippen LogP contribution in [0, 0.1) is 0 Å². The van der Waals surface area contributed by atoms with Crippen LogP contribution in [0.4, 0.5) is 0 Å². The standard InChI is InChI=1S/C17H23ClN4O2/c1-19-17(20-10-9-13-5-7-14(18)8-6-13)21-11-12-22-15(23)3-2-4-16(22)24/h5-8H,2-4,9-12H2,1H3,(H2,19,20,21). The molecule has 7 heteroatoms. The number of likely N-dealkylation sites (tertiary alicyclic amines) is 1. The number of hydrogen-bond acceptors (Lipinski definition) is 3. The monoisotopic (exact) mass is 350 g/mol. The molecule has 2 N–H and O–H groups in total. The lowest BCUT2D eigenvalue weighted by Crippen LogP contribution is -2.46. The molecule has 1 saturated heterocycles. The predicted molar refractivity (Wildman–Crippen MR) is 95.1 cm³/mol. The van der Waals surface area contributed by atoms with Crippen molar-refractivity contribution in [2.24, 2.45) is 4.99 Å². The van der Waals surface area contributed by atoms with Gasteiger partial charge in [0.15, 0.2) is 5.96 Å². The van der Waals surface area contributed by atoms with Crippen molar-refractivity contribution in [3.8, 4) is 0 Å². The minimum Gasteiger partial charge on any atom is -0.356 e. The Morgan fingerprint density at radius 1 is 1.12 bits per heavy atom. The van der Waals surface area contributed by atoms with E-state index < -0.39 is 0 Å². The summed E-state index contributed by atoms with van der Waals surface area (Å²) >= 11 is 5.86. The summed E-state index contributed by atoms with van der Waals surface area (Å²) in [5.74, 6) is 0.485. The number of hydrogen-bond donors (Lipinski definition) is 2. The molecule has 0 aliphatic carbocycles. The van der Waals surface area contributed by atoms with Crippen molar-refractivity contribution in [3.05, 3.63) is 34.9 Å².